The molecule has 0 radical (unpaired) electrons. The van der Waals surface area contributed by atoms with Crippen LogP contribution in [0.2, 0.25) is 0 Å². The average molecular weight is 719 g/mol. The summed E-state index contributed by atoms with van der Waals surface area (Å²) in [5.41, 5.74) is 0. The molecule has 0 aromatic carbocycles. The first-order chi connectivity index (χ1) is 21.8. The number of rotatable bonds is 39. The molecule has 1 N–H and O–H groups in total. The van der Waals surface area contributed by atoms with E-state index >= 15 is 0 Å². The fraction of sp³-hybridized carbons (Fsp3) is 0.975. The molecule has 0 amide bonds. The summed E-state index contributed by atoms with van der Waals surface area (Å²) < 4.78 is 0.631. The number of nitrogens with one attached hydrogen (secondary N) is 1. The van der Waals surface area contributed by atoms with Crippen molar-refractivity contribution < 1.29 is 0 Å². The first kappa shape index (κ1) is 44.7. The lowest BCUT2D eigenvalue weighted by Crippen LogP contribution is -2.17. The number of hydrogen-bond donors (Lipinski definition) is 2. The van der Waals surface area contributed by atoms with Crippen molar-refractivity contribution in [1.29, 1.82) is 0 Å². The van der Waals surface area contributed by atoms with E-state index in [9.17, 15) is 0 Å². The van der Waals surface area contributed by atoms with Gasteiger partial charge in [-0.05, 0) is 12.8 Å². The Morgan fingerprint density at radius 1 is 0.318 bits per heavy atom. The Morgan fingerprint density at radius 3 is 0.636 bits per heavy atom. The largest absolute Gasteiger partial charge is 0.371 e. The highest BCUT2D eigenvalue weighted by Gasteiger charge is 1.98. The van der Waals surface area contributed by atoms with Gasteiger partial charge in [-0.1, -0.05) is 253 Å². The molecule has 264 valence electrons. The fourth-order valence-electron chi connectivity index (χ4n) is 6.60. The molecular weight excluding hydrogens is 638 g/mol. The first-order valence-corrected chi connectivity index (χ1v) is 22.3. The summed E-state index contributed by atoms with van der Waals surface area (Å²) in [6.07, 6.45) is 53.9. The molecule has 0 unspecified atom stereocenters. The molecule has 0 aliphatic rings. The zero-order valence-electron chi connectivity index (χ0n) is 29.8. The van der Waals surface area contributed by atoms with E-state index in [2.05, 4.69) is 33.9 Å². The van der Waals surface area contributed by atoms with Gasteiger partial charge in [-0.3, -0.25) is 0 Å². The lowest BCUT2D eigenvalue weighted by molar-refractivity contribution is 0.510. The Labute approximate surface area is 298 Å². The number of hydrogen-bond acceptors (Lipinski definition) is 1. The molecular formula is C40H80BrNS2. The van der Waals surface area contributed by atoms with Crippen molar-refractivity contribution in [2.75, 3.05) is 11.9 Å². The van der Waals surface area contributed by atoms with Crippen molar-refractivity contribution in [3.05, 3.63) is 0 Å². The first-order valence-electron chi connectivity index (χ1n) is 20.3. The van der Waals surface area contributed by atoms with Crippen LogP contribution in [0.15, 0.2) is 0 Å². The smallest absolute Gasteiger partial charge is 0.130 e. The van der Waals surface area contributed by atoms with E-state index < -0.39 is 0 Å². The Bertz CT molecular complexity index is 530. The summed E-state index contributed by atoms with van der Waals surface area (Å²) in [5.74, 6) is 0. The van der Waals surface area contributed by atoms with Gasteiger partial charge in [0.25, 0.3) is 0 Å². The lowest BCUT2D eigenvalue weighted by atomic mass is 10.0. The number of halogens is 1. The second kappa shape index (κ2) is 41.7. The average Bonchev–Trinajstić information content (AvgIpc) is 3.02. The summed E-state index contributed by atoms with van der Waals surface area (Å²) in [6, 6.07) is 0. The molecule has 0 spiro atoms. The maximum atomic E-state index is 4.91. The SMILES string of the molecule is S=C(S)NCCCCCCCCCCCCCCCCCCCCCCCCCCCCCCCCCCCCCCCBr. The highest BCUT2D eigenvalue weighted by Crippen LogP contribution is 2.17. The Morgan fingerprint density at radius 2 is 0.477 bits per heavy atom. The van der Waals surface area contributed by atoms with Gasteiger partial charge in [0.15, 0.2) is 0 Å². The summed E-state index contributed by atoms with van der Waals surface area (Å²) in [7, 11) is 0. The molecule has 0 aliphatic carbocycles. The third kappa shape index (κ3) is 42.7. The number of thiol groups is 1. The summed E-state index contributed by atoms with van der Waals surface area (Å²) >= 11 is 12.5. The molecule has 0 aliphatic heterocycles. The van der Waals surface area contributed by atoms with Crippen LogP contribution in [0, 0.1) is 0 Å². The van der Waals surface area contributed by atoms with Gasteiger partial charge in [-0.25, -0.2) is 0 Å². The van der Waals surface area contributed by atoms with Crippen LogP contribution in [0.5, 0.6) is 0 Å². The van der Waals surface area contributed by atoms with E-state index in [1.165, 1.54) is 243 Å². The van der Waals surface area contributed by atoms with Gasteiger partial charge in [-0.2, -0.15) is 0 Å². The van der Waals surface area contributed by atoms with Crippen molar-refractivity contribution in [2.24, 2.45) is 0 Å². The number of unbranched alkanes of at least 4 members (excludes halogenated alkanes) is 36. The van der Waals surface area contributed by atoms with Crippen LogP contribution in [0.25, 0.3) is 0 Å². The van der Waals surface area contributed by atoms with Crippen molar-refractivity contribution in [3.63, 3.8) is 0 Å². The van der Waals surface area contributed by atoms with Gasteiger partial charge in [0.05, 0.1) is 0 Å². The molecule has 1 nitrogen and oxygen atoms in total. The minimum absolute atomic E-state index is 0.631. The molecule has 4 heteroatoms. The van der Waals surface area contributed by atoms with Gasteiger partial charge in [0.1, 0.15) is 4.32 Å². The van der Waals surface area contributed by atoms with Crippen LogP contribution in [0.4, 0.5) is 0 Å². The lowest BCUT2D eigenvalue weighted by Gasteiger charge is -2.05. The van der Waals surface area contributed by atoms with E-state index in [1.54, 1.807) is 0 Å². The zero-order chi connectivity index (χ0) is 31.9. The Balaban J connectivity index is 3.04. The quantitative estimate of drug-likeness (QED) is 0.0284. The fourth-order valence-corrected chi connectivity index (χ4v) is 7.21. The van der Waals surface area contributed by atoms with Crippen LogP contribution < -0.4 is 5.32 Å². The topological polar surface area (TPSA) is 12.0 Å². The second-order valence-corrected chi connectivity index (χ2v) is 16.0. The molecule has 0 atom stereocenters. The van der Waals surface area contributed by atoms with Crippen LogP contribution >= 0.6 is 40.8 Å². The van der Waals surface area contributed by atoms with E-state index in [0.29, 0.717) is 4.32 Å². The van der Waals surface area contributed by atoms with E-state index in [4.69, 9.17) is 12.2 Å². The molecule has 0 aromatic heterocycles. The third-order valence-electron chi connectivity index (χ3n) is 9.59. The van der Waals surface area contributed by atoms with Gasteiger partial charge >= 0.3 is 0 Å². The van der Waals surface area contributed by atoms with Crippen LogP contribution in [0.1, 0.15) is 238 Å². The summed E-state index contributed by atoms with van der Waals surface area (Å²) in [4.78, 5) is 0. The minimum Gasteiger partial charge on any atom is -0.371 e. The molecule has 0 fully saturated rings. The zero-order valence-corrected chi connectivity index (χ0v) is 33.1. The monoisotopic (exact) mass is 717 g/mol. The maximum Gasteiger partial charge on any atom is 0.130 e. The van der Waals surface area contributed by atoms with E-state index in [0.717, 1.165) is 6.54 Å². The number of thiocarbonyl (C=S) groups is 1. The van der Waals surface area contributed by atoms with Gasteiger partial charge < -0.3 is 5.32 Å². The minimum atomic E-state index is 0.631. The van der Waals surface area contributed by atoms with E-state index in [1.807, 2.05) is 0 Å². The highest BCUT2D eigenvalue weighted by molar-refractivity contribution is 9.09. The molecule has 44 heavy (non-hydrogen) atoms. The highest BCUT2D eigenvalue weighted by atomic mass is 79.9. The molecule has 0 heterocycles. The normalized spacial score (nSPS) is 11.4. The Kier molecular flexibility index (Phi) is 42.4. The standard InChI is InChI=1S/C40H80BrNS2/c41-38-36-34-32-30-28-26-24-22-20-18-16-14-12-10-8-6-4-2-1-3-5-7-9-11-13-15-17-19-21-23-25-27-29-31-33-35-37-39-42-40(43)44/h1-39H2,(H2,42,43,44). The second-order valence-electron chi connectivity index (χ2n) is 14.0. The van der Waals surface area contributed by atoms with E-state index in [-0.39, 0.29) is 0 Å². The predicted molar refractivity (Wildman–Crippen MR) is 214 cm³/mol. The Hall–Kier alpha value is 0.720. The van der Waals surface area contributed by atoms with Gasteiger partial charge in [0, 0.05) is 11.9 Å². The van der Waals surface area contributed by atoms with Crippen LogP contribution in [0.3, 0.4) is 0 Å². The summed E-state index contributed by atoms with van der Waals surface area (Å²) in [5, 5.41) is 4.30. The molecule has 0 saturated carbocycles. The molecule has 0 saturated heterocycles. The number of alkyl halides is 1. The van der Waals surface area contributed by atoms with Crippen molar-refractivity contribution in [1.82, 2.24) is 5.32 Å². The predicted octanol–water partition coefficient (Wildman–Crippen LogP) is 15.6. The molecule has 0 aromatic rings. The van der Waals surface area contributed by atoms with Gasteiger partial charge in [0.2, 0.25) is 0 Å². The van der Waals surface area contributed by atoms with Crippen LogP contribution in [-0.2, 0) is 0 Å². The molecule has 0 bridgehead atoms. The molecule has 0 rings (SSSR count). The summed E-state index contributed by atoms with van der Waals surface area (Å²) in [6.45, 7) is 0.988. The van der Waals surface area contributed by atoms with Crippen molar-refractivity contribution in [2.45, 2.75) is 238 Å². The maximum absolute atomic E-state index is 4.91. The van der Waals surface area contributed by atoms with Crippen molar-refractivity contribution >= 4 is 45.1 Å². The van der Waals surface area contributed by atoms with Crippen molar-refractivity contribution in [3.8, 4) is 0 Å². The third-order valence-corrected chi connectivity index (χ3v) is 10.4. The van der Waals surface area contributed by atoms with Crippen LogP contribution in [-0.4, -0.2) is 16.2 Å². The van der Waals surface area contributed by atoms with Gasteiger partial charge in [-0.15, -0.1) is 12.6 Å².